The second-order valence-electron chi connectivity index (χ2n) is 11.6. The van der Waals surface area contributed by atoms with Crippen molar-refractivity contribution in [3.8, 4) is 5.75 Å². The highest BCUT2D eigenvalue weighted by atomic mass is 35.5. The maximum absolute atomic E-state index is 14.5. The number of benzene rings is 3. The zero-order valence-corrected chi connectivity index (χ0v) is 28.1. The smallest absolute Gasteiger partial charge is 0.338 e. The average Bonchev–Trinajstić information content (AvgIpc) is 3.84. The van der Waals surface area contributed by atoms with Gasteiger partial charge in [-0.2, -0.15) is 0 Å². The number of carbonyl (C=O) groups excluding carboxylic acids is 2. The van der Waals surface area contributed by atoms with Gasteiger partial charge >= 0.3 is 5.97 Å². The first-order chi connectivity index (χ1) is 23.4. The SMILES string of the molecule is CCOC(=O)C1=C(c2ccccc2)N=c2s/c(=C\c3cn(CC(=O)N4CCCC4)c4ccccc34)c(=O)n2[C@H]1c1cc(Cl)ccc1OC. The van der Waals surface area contributed by atoms with Crippen LogP contribution < -0.4 is 19.6 Å². The molecule has 0 radical (unpaired) electrons. The van der Waals surface area contributed by atoms with E-state index >= 15 is 0 Å². The zero-order valence-electron chi connectivity index (χ0n) is 26.5. The highest BCUT2D eigenvalue weighted by molar-refractivity contribution is 7.07. The molecule has 2 aliphatic rings. The molecule has 0 aliphatic carbocycles. The molecule has 3 aromatic carbocycles. The topological polar surface area (TPSA) is 95.1 Å². The summed E-state index contributed by atoms with van der Waals surface area (Å²) >= 11 is 7.75. The quantitative estimate of drug-likeness (QED) is 0.211. The minimum absolute atomic E-state index is 0.0783. The van der Waals surface area contributed by atoms with Crippen molar-refractivity contribution >= 4 is 57.5 Å². The van der Waals surface area contributed by atoms with Gasteiger partial charge in [-0.1, -0.05) is 71.5 Å². The van der Waals surface area contributed by atoms with Crippen molar-refractivity contribution < 1.29 is 19.1 Å². The Morgan fingerprint density at radius 2 is 1.79 bits per heavy atom. The number of hydrogen-bond donors (Lipinski definition) is 0. The van der Waals surface area contributed by atoms with Crippen LogP contribution in [0.5, 0.6) is 5.75 Å². The van der Waals surface area contributed by atoms with Crippen LogP contribution in [0.3, 0.4) is 0 Å². The van der Waals surface area contributed by atoms with Crippen LogP contribution in [-0.4, -0.2) is 52.7 Å². The van der Waals surface area contributed by atoms with Gasteiger partial charge in [-0.05, 0) is 50.1 Å². The molecule has 2 aliphatic heterocycles. The van der Waals surface area contributed by atoms with Crippen molar-refractivity contribution in [2.24, 2.45) is 4.99 Å². The summed E-state index contributed by atoms with van der Waals surface area (Å²) in [4.78, 5) is 48.7. The lowest BCUT2D eigenvalue weighted by Crippen LogP contribution is -2.40. The number of likely N-dealkylation sites (tertiary alicyclic amines) is 1. The average molecular weight is 681 g/mol. The fourth-order valence-electron chi connectivity index (χ4n) is 6.53. The lowest BCUT2D eigenvalue weighted by Gasteiger charge is -2.27. The molecule has 1 amide bonds. The Balaban J connectivity index is 1.45. The molecule has 48 heavy (non-hydrogen) atoms. The Hall–Kier alpha value is -4.93. The normalized spacial score (nSPS) is 16.3. The van der Waals surface area contributed by atoms with E-state index in [1.165, 1.54) is 23.0 Å². The molecule has 244 valence electrons. The fraction of sp³-hybridized carbons (Fsp3) is 0.243. The Bertz CT molecular complexity index is 2260. The fourth-order valence-corrected chi connectivity index (χ4v) is 7.70. The summed E-state index contributed by atoms with van der Waals surface area (Å²) in [6, 6.07) is 21.4. The summed E-state index contributed by atoms with van der Waals surface area (Å²) in [7, 11) is 1.53. The number of hydrogen-bond acceptors (Lipinski definition) is 7. The molecular formula is C37H33ClN4O5S. The third kappa shape index (κ3) is 5.75. The number of carbonyl (C=O) groups is 2. The van der Waals surface area contributed by atoms with E-state index in [1.54, 1.807) is 25.1 Å². The lowest BCUT2D eigenvalue weighted by atomic mass is 9.92. The first kappa shape index (κ1) is 31.7. The van der Waals surface area contributed by atoms with Gasteiger partial charge in [0.2, 0.25) is 5.91 Å². The van der Waals surface area contributed by atoms with Gasteiger partial charge in [-0.3, -0.25) is 14.2 Å². The molecular weight excluding hydrogens is 648 g/mol. The number of rotatable bonds is 8. The largest absolute Gasteiger partial charge is 0.496 e. The molecule has 5 aromatic rings. The number of aromatic nitrogens is 2. The van der Waals surface area contributed by atoms with Crippen molar-refractivity contribution in [2.45, 2.75) is 32.4 Å². The van der Waals surface area contributed by atoms with Crippen LogP contribution in [-0.2, 0) is 20.9 Å². The molecule has 1 fully saturated rings. The third-order valence-corrected chi connectivity index (χ3v) is 9.95. The number of ether oxygens (including phenoxy) is 2. The number of amides is 1. The Morgan fingerprint density at radius 3 is 2.54 bits per heavy atom. The predicted molar refractivity (Wildman–Crippen MR) is 187 cm³/mol. The van der Waals surface area contributed by atoms with E-state index in [4.69, 9.17) is 26.1 Å². The Morgan fingerprint density at radius 1 is 1.04 bits per heavy atom. The highest BCUT2D eigenvalue weighted by Gasteiger charge is 2.37. The first-order valence-corrected chi connectivity index (χ1v) is 17.0. The molecule has 1 saturated heterocycles. The Kier molecular flexibility index (Phi) is 8.77. The van der Waals surface area contributed by atoms with Crippen LogP contribution in [0, 0.1) is 0 Å². The third-order valence-electron chi connectivity index (χ3n) is 8.73. The number of methoxy groups -OCH3 is 1. The van der Waals surface area contributed by atoms with Crippen LogP contribution >= 0.6 is 22.9 Å². The van der Waals surface area contributed by atoms with E-state index in [2.05, 4.69) is 0 Å². The number of nitrogens with zero attached hydrogens (tertiary/aromatic N) is 4. The van der Waals surface area contributed by atoms with Crippen molar-refractivity contribution in [1.82, 2.24) is 14.0 Å². The van der Waals surface area contributed by atoms with Crippen molar-refractivity contribution in [3.05, 3.63) is 126 Å². The first-order valence-electron chi connectivity index (χ1n) is 15.9. The van der Waals surface area contributed by atoms with Gasteiger partial charge < -0.3 is 18.9 Å². The second kappa shape index (κ2) is 13.3. The number of fused-ring (bicyclic) bond motifs is 2. The lowest BCUT2D eigenvalue weighted by molar-refractivity contribution is -0.139. The molecule has 9 nitrogen and oxygen atoms in total. The molecule has 1 atom stereocenters. The molecule has 4 heterocycles. The van der Waals surface area contributed by atoms with Crippen LogP contribution in [0.15, 0.2) is 94.4 Å². The van der Waals surface area contributed by atoms with Gasteiger partial charge in [-0.15, -0.1) is 0 Å². The number of thiazole rings is 1. The second-order valence-corrected chi connectivity index (χ2v) is 13.1. The Labute approximate surface area is 285 Å². The summed E-state index contributed by atoms with van der Waals surface area (Å²) in [6.07, 6.45) is 5.81. The summed E-state index contributed by atoms with van der Waals surface area (Å²) in [6.45, 7) is 3.65. The highest BCUT2D eigenvalue weighted by Crippen LogP contribution is 2.39. The van der Waals surface area contributed by atoms with Gasteiger partial charge in [-0.25, -0.2) is 9.79 Å². The van der Waals surface area contributed by atoms with E-state index in [1.807, 2.05) is 76.3 Å². The summed E-state index contributed by atoms with van der Waals surface area (Å²) in [5.74, 6) is -0.0532. The summed E-state index contributed by atoms with van der Waals surface area (Å²) in [5, 5.41) is 1.34. The minimum Gasteiger partial charge on any atom is -0.496 e. The molecule has 0 N–H and O–H groups in total. The minimum atomic E-state index is -0.939. The summed E-state index contributed by atoms with van der Waals surface area (Å²) in [5.41, 5.74) is 3.22. The standard InChI is InChI=1S/C37H33ClN4O5S/c1-3-47-36(45)32-33(23-11-5-4-6-12-23)39-37-42(34(32)27-20-25(38)15-16-29(27)46-2)35(44)30(48-37)19-24-21-41(28-14-8-7-13-26(24)28)22-31(43)40-17-9-10-18-40/h4-8,11-16,19-21,34H,3,9-10,17-18,22H2,1-2H3/b30-19-/t34-/m0/s1. The number of halogens is 1. The van der Waals surface area contributed by atoms with Crippen molar-refractivity contribution in [3.63, 3.8) is 0 Å². The van der Waals surface area contributed by atoms with E-state index in [0.29, 0.717) is 36.9 Å². The predicted octanol–water partition coefficient (Wildman–Crippen LogP) is 5.17. The van der Waals surface area contributed by atoms with Gasteiger partial charge in [0, 0.05) is 51.9 Å². The monoisotopic (exact) mass is 680 g/mol. The summed E-state index contributed by atoms with van der Waals surface area (Å²) < 4.78 is 15.2. The van der Waals surface area contributed by atoms with Crippen molar-refractivity contribution in [2.75, 3.05) is 26.8 Å². The van der Waals surface area contributed by atoms with Crippen LogP contribution in [0.2, 0.25) is 5.02 Å². The molecule has 0 spiro atoms. The van der Waals surface area contributed by atoms with Gasteiger partial charge in [0.05, 0.1) is 29.5 Å². The number of esters is 1. The van der Waals surface area contributed by atoms with Gasteiger partial charge in [0.1, 0.15) is 18.3 Å². The molecule has 0 bridgehead atoms. The maximum Gasteiger partial charge on any atom is 0.338 e. The van der Waals surface area contributed by atoms with Gasteiger partial charge in [0.15, 0.2) is 4.80 Å². The molecule has 11 heteroatoms. The van der Waals surface area contributed by atoms with Gasteiger partial charge in [0.25, 0.3) is 5.56 Å². The molecule has 2 aromatic heterocycles. The van der Waals surface area contributed by atoms with Crippen LogP contribution in [0.1, 0.15) is 42.5 Å². The molecule has 7 rings (SSSR count). The van der Waals surface area contributed by atoms with E-state index in [0.717, 1.165) is 42.4 Å². The maximum atomic E-state index is 14.5. The molecule has 0 saturated carbocycles. The zero-order chi connectivity index (χ0) is 33.4. The van der Waals surface area contributed by atoms with Crippen LogP contribution in [0.25, 0.3) is 22.7 Å². The van der Waals surface area contributed by atoms with E-state index in [9.17, 15) is 14.4 Å². The van der Waals surface area contributed by atoms with E-state index in [-0.39, 0.29) is 30.2 Å². The number of para-hydroxylation sites is 1. The van der Waals surface area contributed by atoms with Crippen LogP contribution in [0.4, 0.5) is 0 Å². The van der Waals surface area contributed by atoms with Crippen molar-refractivity contribution in [1.29, 1.82) is 0 Å². The molecule has 0 unspecified atom stereocenters. The van der Waals surface area contributed by atoms with E-state index < -0.39 is 12.0 Å².